The Morgan fingerprint density at radius 1 is 1.56 bits per heavy atom. The molecule has 0 unspecified atom stereocenters. The van der Waals surface area contributed by atoms with Gasteiger partial charge in [0.25, 0.3) is 0 Å². The van der Waals surface area contributed by atoms with Crippen LogP contribution in [0.5, 0.6) is 0 Å². The second-order valence-corrected chi connectivity index (χ2v) is 4.76. The van der Waals surface area contributed by atoms with Gasteiger partial charge in [0.1, 0.15) is 0 Å². The van der Waals surface area contributed by atoms with Crippen LogP contribution in [0.1, 0.15) is 12.5 Å². The summed E-state index contributed by atoms with van der Waals surface area (Å²) < 4.78 is 0. The first kappa shape index (κ1) is 12.9. The van der Waals surface area contributed by atoms with Gasteiger partial charge in [-0.1, -0.05) is 12.1 Å². The fraction of sp³-hybridized carbons (Fsp3) is 0.417. The Labute approximate surface area is 101 Å². The van der Waals surface area contributed by atoms with Crippen molar-refractivity contribution in [2.24, 2.45) is 0 Å². The number of anilines is 1. The van der Waals surface area contributed by atoms with Crippen molar-refractivity contribution in [3.63, 3.8) is 0 Å². The smallest absolute Gasteiger partial charge is 0.224 e. The Morgan fingerprint density at radius 3 is 2.94 bits per heavy atom. The molecule has 1 aromatic rings. The van der Waals surface area contributed by atoms with Crippen molar-refractivity contribution in [2.45, 2.75) is 19.4 Å². The molecule has 1 amide bonds. The fourth-order valence-corrected chi connectivity index (χ4v) is 2.09. The summed E-state index contributed by atoms with van der Waals surface area (Å²) in [5.74, 6) is 0.981. The van der Waals surface area contributed by atoms with Crippen LogP contribution in [0.25, 0.3) is 0 Å². The number of benzene rings is 1. The van der Waals surface area contributed by atoms with E-state index in [1.165, 1.54) is 0 Å². The van der Waals surface area contributed by atoms with Gasteiger partial charge in [0.15, 0.2) is 0 Å². The van der Waals surface area contributed by atoms with E-state index in [4.69, 9.17) is 5.73 Å². The first-order valence-electron chi connectivity index (χ1n) is 5.24. The summed E-state index contributed by atoms with van der Waals surface area (Å²) in [4.78, 5) is 11.6. The van der Waals surface area contributed by atoms with Gasteiger partial charge in [0.2, 0.25) is 5.91 Å². The Balaban J connectivity index is 2.45. The molecule has 0 aliphatic rings. The largest absolute Gasteiger partial charge is 0.399 e. The highest BCUT2D eigenvalue weighted by Gasteiger charge is 2.07. The molecule has 1 rings (SSSR count). The SMILES string of the molecule is CSC[C@H](C)NC(=O)Cc1cccc(N)c1. The van der Waals surface area contributed by atoms with Crippen LogP contribution in [0, 0.1) is 0 Å². The van der Waals surface area contributed by atoms with Crippen molar-refractivity contribution < 1.29 is 4.79 Å². The molecule has 3 N–H and O–H groups in total. The van der Waals surface area contributed by atoms with Gasteiger partial charge in [0, 0.05) is 17.5 Å². The van der Waals surface area contributed by atoms with E-state index in [0.29, 0.717) is 12.1 Å². The molecule has 1 aromatic carbocycles. The lowest BCUT2D eigenvalue weighted by molar-refractivity contribution is -0.120. The van der Waals surface area contributed by atoms with Crippen LogP contribution in [0.4, 0.5) is 5.69 Å². The Morgan fingerprint density at radius 2 is 2.31 bits per heavy atom. The van der Waals surface area contributed by atoms with Crippen LogP contribution in [0.15, 0.2) is 24.3 Å². The number of thioether (sulfide) groups is 1. The molecule has 0 aliphatic heterocycles. The molecule has 16 heavy (non-hydrogen) atoms. The van der Waals surface area contributed by atoms with Crippen molar-refractivity contribution in [3.05, 3.63) is 29.8 Å². The zero-order valence-electron chi connectivity index (χ0n) is 9.69. The summed E-state index contributed by atoms with van der Waals surface area (Å²) in [7, 11) is 0. The summed E-state index contributed by atoms with van der Waals surface area (Å²) in [6.07, 6.45) is 2.42. The molecule has 0 saturated carbocycles. The molecule has 0 heterocycles. The number of nitrogens with two attached hydrogens (primary N) is 1. The number of hydrogen-bond donors (Lipinski definition) is 2. The minimum Gasteiger partial charge on any atom is -0.399 e. The van der Waals surface area contributed by atoms with E-state index in [-0.39, 0.29) is 11.9 Å². The van der Waals surface area contributed by atoms with E-state index in [2.05, 4.69) is 5.32 Å². The van der Waals surface area contributed by atoms with Gasteiger partial charge in [-0.3, -0.25) is 4.79 Å². The van der Waals surface area contributed by atoms with E-state index < -0.39 is 0 Å². The average Bonchev–Trinajstić information content (AvgIpc) is 2.17. The zero-order chi connectivity index (χ0) is 12.0. The van der Waals surface area contributed by atoms with Gasteiger partial charge in [-0.05, 0) is 30.9 Å². The first-order chi connectivity index (χ1) is 7.61. The van der Waals surface area contributed by atoms with Crippen LogP contribution in [-0.2, 0) is 11.2 Å². The highest BCUT2D eigenvalue weighted by molar-refractivity contribution is 7.98. The predicted octanol–water partition coefficient (Wildman–Crippen LogP) is 1.68. The highest BCUT2D eigenvalue weighted by atomic mass is 32.2. The van der Waals surface area contributed by atoms with Crippen LogP contribution >= 0.6 is 11.8 Å². The average molecular weight is 238 g/mol. The van der Waals surface area contributed by atoms with Gasteiger partial charge >= 0.3 is 0 Å². The molecule has 0 aliphatic carbocycles. The Kier molecular flexibility index (Phi) is 5.19. The number of carbonyl (C=O) groups is 1. The molecular formula is C12H18N2OS. The van der Waals surface area contributed by atoms with Gasteiger partial charge in [-0.15, -0.1) is 0 Å². The maximum Gasteiger partial charge on any atom is 0.224 e. The fourth-order valence-electron chi connectivity index (χ4n) is 1.51. The molecule has 1 atom stereocenters. The van der Waals surface area contributed by atoms with Crippen LogP contribution < -0.4 is 11.1 Å². The van der Waals surface area contributed by atoms with E-state index in [1.807, 2.05) is 37.4 Å². The Hall–Kier alpha value is -1.16. The number of rotatable bonds is 5. The minimum atomic E-state index is 0.0483. The third kappa shape index (κ3) is 4.57. The van der Waals surface area contributed by atoms with Crippen molar-refractivity contribution >= 4 is 23.4 Å². The van der Waals surface area contributed by atoms with Crippen molar-refractivity contribution in [1.82, 2.24) is 5.32 Å². The van der Waals surface area contributed by atoms with Gasteiger partial charge in [0.05, 0.1) is 6.42 Å². The predicted molar refractivity (Wildman–Crippen MR) is 70.5 cm³/mol. The number of amides is 1. The third-order valence-corrected chi connectivity index (χ3v) is 2.97. The summed E-state index contributed by atoms with van der Waals surface area (Å²) in [5, 5.41) is 2.95. The number of nitrogens with one attached hydrogen (secondary N) is 1. The molecule has 3 nitrogen and oxygen atoms in total. The standard InChI is InChI=1S/C12H18N2OS/c1-9(8-16-2)14-12(15)7-10-4-3-5-11(13)6-10/h3-6,9H,7-8,13H2,1-2H3,(H,14,15)/t9-/m0/s1. The van der Waals surface area contributed by atoms with E-state index in [0.717, 1.165) is 11.3 Å². The summed E-state index contributed by atoms with van der Waals surface area (Å²) in [6.45, 7) is 2.01. The Bertz CT molecular complexity index is 355. The second-order valence-electron chi connectivity index (χ2n) is 3.85. The minimum absolute atomic E-state index is 0.0483. The normalized spacial score (nSPS) is 12.1. The van der Waals surface area contributed by atoms with Gasteiger partial charge < -0.3 is 11.1 Å². The van der Waals surface area contributed by atoms with Crippen molar-refractivity contribution in [2.75, 3.05) is 17.7 Å². The monoisotopic (exact) mass is 238 g/mol. The highest BCUT2D eigenvalue weighted by Crippen LogP contribution is 2.07. The molecule has 4 heteroatoms. The molecule has 0 aromatic heterocycles. The van der Waals surface area contributed by atoms with Gasteiger partial charge in [-0.2, -0.15) is 11.8 Å². The molecule has 0 fully saturated rings. The lowest BCUT2D eigenvalue weighted by atomic mass is 10.1. The van der Waals surface area contributed by atoms with E-state index in [9.17, 15) is 4.79 Å². The molecule has 0 saturated heterocycles. The zero-order valence-corrected chi connectivity index (χ0v) is 10.5. The van der Waals surface area contributed by atoms with Crippen LogP contribution in [0.3, 0.4) is 0 Å². The van der Waals surface area contributed by atoms with Crippen molar-refractivity contribution in [3.8, 4) is 0 Å². The summed E-state index contributed by atoms with van der Waals surface area (Å²) >= 11 is 1.73. The van der Waals surface area contributed by atoms with Crippen LogP contribution in [-0.4, -0.2) is 24.0 Å². The molecule has 0 bridgehead atoms. The number of carbonyl (C=O) groups excluding carboxylic acids is 1. The molecule has 0 radical (unpaired) electrons. The maximum atomic E-state index is 11.6. The first-order valence-corrected chi connectivity index (χ1v) is 6.64. The maximum absolute atomic E-state index is 11.6. The quantitative estimate of drug-likeness (QED) is 0.767. The second kappa shape index (κ2) is 6.43. The topological polar surface area (TPSA) is 55.1 Å². The van der Waals surface area contributed by atoms with Gasteiger partial charge in [-0.25, -0.2) is 0 Å². The number of hydrogen-bond acceptors (Lipinski definition) is 3. The molecule has 0 spiro atoms. The van der Waals surface area contributed by atoms with Crippen molar-refractivity contribution in [1.29, 1.82) is 0 Å². The lowest BCUT2D eigenvalue weighted by Crippen LogP contribution is -2.35. The number of nitrogen functional groups attached to an aromatic ring is 1. The molecule has 88 valence electrons. The molecular weight excluding hydrogens is 220 g/mol. The summed E-state index contributed by atoms with van der Waals surface area (Å²) in [5.41, 5.74) is 7.30. The summed E-state index contributed by atoms with van der Waals surface area (Å²) in [6, 6.07) is 7.64. The lowest BCUT2D eigenvalue weighted by Gasteiger charge is -2.12. The third-order valence-electron chi connectivity index (χ3n) is 2.14. The van der Waals surface area contributed by atoms with Crippen LogP contribution in [0.2, 0.25) is 0 Å². The van der Waals surface area contributed by atoms with E-state index in [1.54, 1.807) is 11.8 Å². The van der Waals surface area contributed by atoms with E-state index >= 15 is 0 Å².